The number of hydrogen-bond acceptors (Lipinski definition) is 3. The number of anilines is 1. The van der Waals surface area contributed by atoms with E-state index in [1.54, 1.807) is 6.26 Å². The minimum atomic E-state index is 0.0206. The van der Waals surface area contributed by atoms with E-state index in [1.165, 1.54) is 12.8 Å². The first-order valence-electron chi connectivity index (χ1n) is 6.71. The molecule has 2 saturated carbocycles. The number of hydrogen-bond donors (Lipinski definition) is 2. The molecule has 0 aromatic carbocycles. The molecule has 2 fully saturated rings. The summed E-state index contributed by atoms with van der Waals surface area (Å²) in [4.78, 5) is 12.1. The van der Waals surface area contributed by atoms with E-state index in [0.29, 0.717) is 11.7 Å². The van der Waals surface area contributed by atoms with Crippen LogP contribution in [0.25, 0.3) is 0 Å². The maximum Gasteiger partial charge on any atom is 0.229 e. The van der Waals surface area contributed by atoms with Crippen LogP contribution in [0.4, 0.5) is 5.82 Å². The summed E-state index contributed by atoms with van der Waals surface area (Å²) in [6.45, 7) is 0. The summed E-state index contributed by atoms with van der Waals surface area (Å²) in [5.41, 5.74) is 1.13. The van der Waals surface area contributed by atoms with Gasteiger partial charge in [0.1, 0.15) is 5.76 Å². The molecule has 2 aliphatic rings. The average molecular weight is 257 g/mol. The lowest BCUT2D eigenvalue weighted by Crippen LogP contribution is -2.14. The number of rotatable bonds is 4. The van der Waals surface area contributed by atoms with Crippen LogP contribution in [0.5, 0.6) is 0 Å². The number of carbonyl (C=O) groups excluding carboxylic acids is 1. The molecule has 98 valence electrons. The van der Waals surface area contributed by atoms with Crippen molar-refractivity contribution < 1.29 is 9.21 Å². The lowest BCUT2D eigenvalue weighted by molar-refractivity contribution is -0.117. The van der Waals surface area contributed by atoms with Gasteiger partial charge in [0.05, 0.1) is 6.26 Å². The number of nitrogens with zero attached hydrogens (tertiary/aromatic N) is 1. The van der Waals surface area contributed by atoms with Crippen molar-refractivity contribution in [1.29, 1.82) is 0 Å². The van der Waals surface area contributed by atoms with E-state index in [1.807, 2.05) is 18.2 Å². The fourth-order valence-corrected chi connectivity index (χ4v) is 2.52. The van der Waals surface area contributed by atoms with Gasteiger partial charge in [0.2, 0.25) is 5.91 Å². The van der Waals surface area contributed by atoms with Crippen molar-refractivity contribution in [2.45, 2.75) is 31.1 Å². The molecule has 0 spiro atoms. The minimum Gasteiger partial charge on any atom is -0.469 e. The molecule has 0 bridgehead atoms. The van der Waals surface area contributed by atoms with Crippen LogP contribution in [-0.2, 0) is 4.79 Å². The number of nitrogens with one attached hydrogen (secondary N) is 2. The second kappa shape index (κ2) is 3.98. The number of furan rings is 1. The van der Waals surface area contributed by atoms with E-state index in [9.17, 15) is 4.79 Å². The minimum absolute atomic E-state index is 0.0206. The lowest BCUT2D eigenvalue weighted by atomic mass is 10.2. The monoisotopic (exact) mass is 257 g/mol. The molecule has 2 aromatic rings. The number of aromatic nitrogens is 2. The molecule has 2 heterocycles. The summed E-state index contributed by atoms with van der Waals surface area (Å²) < 4.78 is 5.33. The van der Waals surface area contributed by atoms with Gasteiger partial charge in [-0.2, -0.15) is 5.10 Å². The zero-order chi connectivity index (χ0) is 12.8. The van der Waals surface area contributed by atoms with Crippen molar-refractivity contribution in [2.75, 3.05) is 5.32 Å². The van der Waals surface area contributed by atoms with E-state index in [0.717, 1.165) is 17.9 Å². The molecule has 0 radical (unpaired) electrons. The molecule has 19 heavy (non-hydrogen) atoms. The van der Waals surface area contributed by atoms with Gasteiger partial charge in [-0.15, -0.1) is 0 Å². The predicted octanol–water partition coefficient (Wildman–Crippen LogP) is 2.62. The van der Waals surface area contributed by atoms with Gasteiger partial charge in [-0.1, -0.05) is 0 Å². The molecule has 5 nitrogen and oxygen atoms in total. The highest BCUT2D eigenvalue weighted by molar-refractivity contribution is 5.94. The normalized spacial score (nSPS) is 25.3. The Balaban J connectivity index is 1.39. The van der Waals surface area contributed by atoms with Crippen molar-refractivity contribution in [1.82, 2.24) is 10.2 Å². The van der Waals surface area contributed by atoms with Crippen LogP contribution >= 0.6 is 0 Å². The fourth-order valence-electron chi connectivity index (χ4n) is 2.52. The number of H-pyrrole nitrogens is 1. The van der Waals surface area contributed by atoms with Gasteiger partial charge in [-0.05, 0) is 31.4 Å². The number of aromatic amines is 1. The Kier molecular flexibility index (Phi) is 2.27. The summed E-state index contributed by atoms with van der Waals surface area (Å²) in [5.74, 6) is 2.45. The zero-order valence-electron chi connectivity index (χ0n) is 10.4. The fraction of sp³-hybridized carbons (Fsp3) is 0.429. The van der Waals surface area contributed by atoms with Crippen LogP contribution in [0, 0.1) is 5.92 Å². The molecule has 2 atom stereocenters. The van der Waals surface area contributed by atoms with Crippen molar-refractivity contribution in [3.05, 3.63) is 35.9 Å². The van der Waals surface area contributed by atoms with E-state index in [4.69, 9.17) is 4.42 Å². The van der Waals surface area contributed by atoms with Gasteiger partial charge in [0.25, 0.3) is 0 Å². The maximum atomic E-state index is 12.1. The van der Waals surface area contributed by atoms with Crippen LogP contribution in [0.1, 0.15) is 42.6 Å². The van der Waals surface area contributed by atoms with Crippen molar-refractivity contribution in [3.63, 3.8) is 0 Å². The molecule has 0 saturated heterocycles. The Labute approximate surface area is 110 Å². The van der Waals surface area contributed by atoms with Gasteiger partial charge in [-0.3, -0.25) is 9.89 Å². The average Bonchev–Trinajstić information content (AvgIpc) is 3.32. The molecule has 2 aliphatic carbocycles. The molecule has 0 aliphatic heterocycles. The van der Waals surface area contributed by atoms with Gasteiger partial charge >= 0.3 is 0 Å². The zero-order valence-corrected chi connectivity index (χ0v) is 10.4. The summed E-state index contributed by atoms with van der Waals surface area (Å²) >= 11 is 0. The topological polar surface area (TPSA) is 70.9 Å². The molecule has 0 unspecified atom stereocenters. The summed E-state index contributed by atoms with van der Waals surface area (Å²) in [7, 11) is 0. The van der Waals surface area contributed by atoms with E-state index in [2.05, 4.69) is 15.5 Å². The van der Waals surface area contributed by atoms with E-state index < -0.39 is 0 Å². The summed E-state index contributed by atoms with van der Waals surface area (Å²) in [5, 5.41) is 10.00. The highest BCUT2D eigenvalue weighted by Gasteiger charge is 2.46. The molecule has 1 amide bonds. The third-order valence-corrected chi connectivity index (χ3v) is 3.90. The Hall–Kier alpha value is -2.04. The van der Waals surface area contributed by atoms with Crippen LogP contribution in [0.3, 0.4) is 0 Å². The Morgan fingerprint density at radius 2 is 2.37 bits per heavy atom. The summed E-state index contributed by atoms with van der Waals surface area (Å²) in [6.07, 6.45) is 4.95. The first kappa shape index (κ1) is 10.8. The van der Waals surface area contributed by atoms with Crippen molar-refractivity contribution in [2.24, 2.45) is 5.92 Å². The third kappa shape index (κ3) is 2.05. The highest BCUT2D eigenvalue weighted by atomic mass is 16.3. The molecular formula is C14H15N3O2. The number of amides is 1. The maximum absolute atomic E-state index is 12.1. The van der Waals surface area contributed by atoms with Gasteiger partial charge in [0, 0.05) is 29.5 Å². The predicted molar refractivity (Wildman–Crippen MR) is 68.7 cm³/mol. The quantitative estimate of drug-likeness (QED) is 0.884. The van der Waals surface area contributed by atoms with Crippen LogP contribution < -0.4 is 5.32 Å². The van der Waals surface area contributed by atoms with Crippen LogP contribution in [0.2, 0.25) is 0 Å². The molecular weight excluding hydrogens is 242 g/mol. The first-order valence-corrected chi connectivity index (χ1v) is 6.71. The van der Waals surface area contributed by atoms with Gasteiger partial charge in [0.15, 0.2) is 5.82 Å². The number of carbonyl (C=O) groups is 1. The standard InChI is InChI=1S/C14H15N3O2/c18-14(10-6-9(10)12-2-1-5-19-12)15-13-7-11(16-17-13)8-3-4-8/h1-2,5,7-10H,3-4,6H2,(H2,15,16,17,18)/t9-,10-/m0/s1. The SMILES string of the molecule is O=C(Nc1cc(C2CC2)[nH]n1)[C@H]1C[C@@H]1c1ccco1. The van der Waals surface area contributed by atoms with Gasteiger partial charge in [-0.25, -0.2) is 0 Å². The summed E-state index contributed by atoms with van der Waals surface area (Å²) in [6, 6.07) is 5.73. The smallest absolute Gasteiger partial charge is 0.229 e. The van der Waals surface area contributed by atoms with Gasteiger partial charge < -0.3 is 9.73 Å². The van der Waals surface area contributed by atoms with Crippen LogP contribution in [0.15, 0.2) is 28.9 Å². The Morgan fingerprint density at radius 3 is 3.11 bits per heavy atom. The lowest BCUT2D eigenvalue weighted by Gasteiger charge is -1.99. The molecule has 5 heteroatoms. The molecule has 4 rings (SSSR count). The largest absolute Gasteiger partial charge is 0.469 e. The Bertz CT molecular complexity index is 598. The van der Waals surface area contributed by atoms with E-state index in [-0.39, 0.29) is 17.7 Å². The second-order valence-electron chi connectivity index (χ2n) is 5.44. The molecule has 2 N–H and O–H groups in total. The third-order valence-electron chi connectivity index (χ3n) is 3.90. The van der Waals surface area contributed by atoms with E-state index >= 15 is 0 Å². The highest BCUT2D eigenvalue weighted by Crippen LogP contribution is 2.48. The van der Waals surface area contributed by atoms with Crippen molar-refractivity contribution >= 4 is 11.7 Å². The van der Waals surface area contributed by atoms with Crippen molar-refractivity contribution in [3.8, 4) is 0 Å². The second-order valence-corrected chi connectivity index (χ2v) is 5.44. The van der Waals surface area contributed by atoms with Crippen LogP contribution in [-0.4, -0.2) is 16.1 Å². The first-order chi connectivity index (χ1) is 9.31. The Morgan fingerprint density at radius 1 is 1.47 bits per heavy atom. The molecule has 2 aromatic heterocycles.